The third-order valence-electron chi connectivity index (χ3n) is 16.5. The highest BCUT2D eigenvalue weighted by molar-refractivity contribution is 6.10. The first-order valence-electron chi connectivity index (χ1n) is 32.2. The number of hydrogen-bond acceptors (Lipinski definition) is 12. The zero-order valence-corrected chi connectivity index (χ0v) is 57.3. The Balaban J connectivity index is 1.32. The molecule has 0 radical (unpaired) electrons. The van der Waals surface area contributed by atoms with Gasteiger partial charge in [-0.05, 0) is 74.0 Å². The number of hydrogen-bond donors (Lipinski definition) is 8. The number of aromatic amines is 3. The third kappa shape index (κ3) is 15.4. The predicted molar refractivity (Wildman–Crippen MR) is 383 cm³/mol. The second kappa shape index (κ2) is 27.4. The van der Waals surface area contributed by atoms with Gasteiger partial charge in [0.2, 0.25) is 29.5 Å². The van der Waals surface area contributed by atoms with Crippen LogP contribution in [0, 0.1) is 21.7 Å². The topological polar surface area (TPSA) is 284 Å². The molecule has 97 heavy (non-hydrogen) atoms. The summed E-state index contributed by atoms with van der Waals surface area (Å²) in [6.45, 7) is 23.5. The van der Waals surface area contributed by atoms with E-state index in [0.29, 0.717) is 112 Å². The number of nitrogens with one attached hydrogen (secondary N) is 8. The lowest BCUT2D eigenvalue weighted by Crippen LogP contribution is -2.54. The van der Waals surface area contributed by atoms with Crippen molar-refractivity contribution in [2.45, 2.75) is 121 Å². The first kappa shape index (κ1) is 68.8. The number of nitrogens with zero attached hydrogens (tertiary/aromatic N) is 3. The lowest BCUT2D eigenvalue weighted by molar-refractivity contribution is -0.150. The Labute approximate surface area is 564 Å². The number of carbonyl (C=O) groups is 7. The molecule has 8 bridgehead atoms. The summed E-state index contributed by atoms with van der Waals surface area (Å²) in [7, 11) is 1.24. The summed E-state index contributed by atoms with van der Waals surface area (Å²) < 4.78 is 11.7. The summed E-state index contributed by atoms with van der Waals surface area (Å²) >= 11 is 0. The number of carbonyl (C=O) groups excluding carboxylic acids is 7. The zero-order valence-electron chi connectivity index (χ0n) is 57.3. The van der Waals surface area contributed by atoms with Gasteiger partial charge in [-0.2, -0.15) is 0 Å². The van der Waals surface area contributed by atoms with Gasteiger partial charge in [0.05, 0.1) is 47.2 Å². The Bertz CT molecular complexity index is 4680. The molecule has 0 aliphatic carbocycles. The Morgan fingerprint density at radius 2 is 0.845 bits per heavy atom. The van der Waals surface area contributed by atoms with Crippen molar-refractivity contribution in [1.29, 1.82) is 0 Å². The number of benzene rings is 4. The second-order valence-electron chi connectivity index (χ2n) is 28.6. The zero-order chi connectivity index (χ0) is 69.9. The van der Waals surface area contributed by atoms with Crippen molar-refractivity contribution >= 4 is 111 Å². The summed E-state index contributed by atoms with van der Waals surface area (Å²) in [5.74, 6) is -2.89. The van der Waals surface area contributed by atoms with E-state index in [0.717, 1.165) is 0 Å². The van der Waals surface area contributed by atoms with Crippen LogP contribution >= 0.6 is 0 Å². The average molecular weight is 1310 g/mol. The van der Waals surface area contributed by atoms with E-state index < -0.39 is 45.0 Å². The van der Waals surface area contributed by atoms with Crippen molar-refractivity contribution in [2.24, 2.45) is 21.7 Å². The number of rotatable bonds is 17. The first-order chi connectivity index (χ1) is 45.8. The number of H-pyrrole nitrogens is 3. The first-order valence-corrected chi connectivity index (χ1v) is 32.2. The van der Waals surface area contributed by atoms with Crippen molar-refractivity contribution in [3.05, 3.63) is 156 Å². The molecule has 4 aromatic heterocycles. The van der Waals surface area contributed by atoms with Gasteiger partial charge >= 0.3 is 11.9 Å². The lowest BCUT2D eigenvalue weighted by Gasteiger charge is -2.27. The summed E-state index contributed by atoms with van der Waals surface area (Å²) in [4.78, 5) is 124. The van der Waals surface area contributed by atoms with Crippen molar-refractivity contribution in [2.75, 3.05) is 28.4 Å². The highest BCUT2D eigenvalue weighted by Crippen LogP contribution is 2.46. The minimum Gasteiger partial charge on any atom is -0.467 e. The quantitative estimate of drug-likeness (QED) is 0.0395. The number of para-hydroxylation sites is 4. The standard InChI is InChI=1S/C77H83N11O9/c1-73(2,3)68(91)84-49-28-19-15-24-45(49)63-53-34-35-54(80-53)64(46-25-16-20-29-50(46)85-69(92)74(4,5)6)56-38-39-58(82-56)66(48-27-18-22-31-52(48)87-71(94)76(10,11)12)67-60(97-62(90)33-23-32-61(89)88-77(13,72(95)96-14)41-44-42-78-43-79-44)40-59(83-67)65(57-37-36-55(63)81-57)47-26-17-21-30-51(47)86-70(93)75(7,8)9/h15-22,24-31,34-40,42-43,80,83H,23,32-33,41H2,1-14H3,(H,78,79)(H,84,91)(H,85,92)(H,86,93)(H,87,94)(H,88,89)/t77-/m0/s1. The normalized spacial score (nSPS) is 12.9. The molecule has 1 atom stereocenters. The van der Waals surface area contributed by atoms with E-state index in [-0.39, 0.29) is 60.6 Å². The molecule has 500 valence electrons. The molecule has 10 rings (SSSR count). The number of esters is 2. The highest BCUT2D eigenvalue weighted by atomic mass is 16.5. The van der Waals surface area contributed by atoms with Gasteiger partial charge in [0, 0.05) is 137 Å². The van der Waals surface area contributed by atoms with Crippen LogP contribution in [0.5, 0.6) is 5.75 Å². The lowest BCUT2D eigenvalue weighted by atomic mass is 9.94. The van der Waals surface area contributed by atoms with Crippen molar-refractivity contribution < 1.29 is 43.0 Å². The van der Waals surface area contributed by atoms with Gasteiger partial charge in [-0.1, -0.05) is 156 Å². The molecule has 6 heterocycles. The summed E-state index contributed by atoms with van der Waals surface area (Å²) in [5, 5.41) is 15.6. The number of ether oxygens (including phenoxy) is 2. The van der Waals surface area contributed by atoms with E-state index in [9.17, 15) is 33.6 Å². The molecule has 4 aromatic carbocycles. The van der Waals surface area contributed by atoms with Crippen LogP contribution in [0.3, 0.4) is 0 Å². The Kier molecular flexibility index (Phi) is 19.4. The number of methoxy groups -OCH3 is 1. The van der Waals surface area contributed by atoms with Crippen molar-refractivity contribution in [1.82, 2.24) is 35.2 Å². The van der Waals surface area contributed by atoms with Gasteiger partial charge < -0.3 is 51.0 Å². The van der Waals surface area contributed by atoms with Crippen LogP contribution in [0.2, 0.25) is 0 Å². The summed E-state index contributed by atoms with van der Waals surface area (Å²) in [5.41, 5.74) is 5.47. The van der Waals surface area contributed by atoms with Gasteiger partial charge in [0.15, 0.2) is 5.75 Å². The molecule has 0 fully saturated rings. The fourth-order valence-corrected chi connectivity index (χ4v) is 11.0. The number of amides is 5. The van der Waals surface area contributed by atoms with Crippen molar-refractivity contribution in [3.8, 4) is 50.3 Å². The van der Waals surface area contributed by atoms with Crippen LogP contribution in [0.15, 0.2) is 128 Å². The molecule has 2 aliphatic rings. The minimum absolute atomic E-state index is 0.00148. The monoisotopic (exact) mass is 1310 g/mol. The smallest absolute Gasteiger partial charge is 0.331 e. The Morgan fingerprint density at radius 1 is 0.464 bits per heavy atom. The molecule has 2 aliphatic heterocycles. The van der Waals surface area contributed by atoms with Crippen LogP contribution in [0.1, 0.15) is 138 Å². The molecule has 0 unspecified atom stereocenters. The van der Waals surface area contributed by atoms with E-state index in [1.165, 1.54) is 13.4 Å². The van der Waals surface area contributed by atoms with E-state index in [1.807, 2.05) is 198 Å². The fraction of sp³-hybridized carbons (Fsp3) is 0.299. The maximum absolute atomic E-state index is 14.8. The number of imidazole rings is 1. The van der Waals surface area contributed by atoms with Gasteiger partial charge in [-0.3, -0.25) is 28.8 Å². The maximum atomic E-state index is 14.8. The van der Waals surface area contributed by atoms with Crippen LogP contribution in [0.4, 0.5) is 22.7 Å². The van der Waals surface area contributed by atoms with Gasteiger partial charge in [0.1, 0.15) is 5.54 Å². The molecule has 8 N–H and O–H groups in total. The summed E-state index contributed by atoms with van der Waals surface area (Å²) in [6, 6.07) is 35.1. The number of anilines is 4. The molecule has 20 heteroatoms. The maximum Gasteiger partial charge on any atom is 0.331 e. The SMILES string of the molecule is COC(=O)[C@](C)(Cc1cnc[nH]1)NC(=O)CCCC(=O)Oc1cc2[nH]c1c(-c1ccccc1NC(=O)C(C)(C)C)c1nc(c(-c3ccccc3NC(=O)C(C)(C)C)c3ccc([nH]3)c(-c3ccccc3NC(=O)C(C)(C)C)c3nc(c2-c2ccccc2NC(=O)C(C)(C)C)C=C3)C=C1. The van der Waals surface area contributed by atoms with Crippen LogP contribution in [0.25, 0.3) is 90.9 Å². The van der Waals surface area contributed by atoms with Crippen LogP contribution in [-0.4, -0.2) is 84.0 Å². The Morgan fingerprint density at radius 3 is 1.23 bits per heavy atom. The summed E-state index contributed by atoms with van der Waals surface area (Å²) in [6.07, 6.45) is 10.1. The number of fused-ring (bicyclic) bond motifs is 8. The van der Waals surface area contributed by atoms with E-state index >= 15 is 0 Å². The van der Waals surface area contributed by atoms with Crippen molar-refractivity contribution in [3.63, 3.8) is 0 Å². The van der Waals surface area contributed by atoms with E-state index in [1.54, 1.807) is 37.4 Å². The molecular weight excluding hydrogens is 1220 g/mol. The number of aromatic nitrogens is 6. The van der Waals surface area contributed by atoms with Gasteiger partial charge in [0.25, 0.3) is 0 Å². The molecule has 0 spiro atoms. The molecule has 0 saturated heterocycles. The van der Waals surface area contributed by atoms with Crippen LogP contribution in [-0.2, 0) is 44.7 Å². The minimum atomic E-state index is -1.47. The average Bonchev–Trinajstić information content (AvgIpc) is 1.46. The van der Waals surface area contributed by atoms with Gasteiger partial charge in [-0.15, -0.1) is 0 Å². The molecule has 20 nitrogen and oxygen atoms in total. The van der Waals surface area contributed by atoms with Crippen LogP contribution < -0.4 is 31.3 Å². The predicted octanol–water partition coefficient (Wildman–Crippen LogP) is 15.4. The Hall–Kier alpha value is -11.0. The molecular formula is C77H83N11O9. The fourth-order valence-electron chi connectivity index (χ4n) is 11.0. The van der Waals surface area contributed by atoms with Gasteiger partial charge in [-0.25, -0.2) is 19.7 Å². The highest BCUT2D eigenvalue weighted by Gasteiger charge is 2.37. The molecule has 8 aromatic rings. The molecule has 0 saturated carbocycles. The molecule has 5 amide bonds. The second-order valence-corrected chi connectivity index (χ2v) is 28.6. The third-order valence-corrected chi connectivity index (χ3v) is 16.5. The van der Waals surface area contributed by atoms with E-state index in [4.69, 9.17) is 19.4 Å². The largest absolute Gasteiger partial charge is 0.467 e. The van der Waals surface area contributed by atoms with E-state index in [2.05, 4.69) is 46.5 Å².